The highest BCUT2D eigenvalue weighted by molar-refractivity contribution is 7.91. The maximum absolute atomic E-state index is 12.0. The summed E-state index contributed by atoms with van der Waals surface area (Å²) in [7, 11) is -2.17. The van der Waals surface area contributed by atoms with Gasteiger partial charge in [-0.2, -0.15) is 4.31 Å². The first-order valence-electron chi connectivity index (χ1n) is 5.00. The summed E-state index contributed by atoms with van der Waals surface area (Å²) in [5, 5.41) is 8.75. The van der Waals surface area contributed by atoms with Gasteiger partial charge < -0.3 is 5.11 Å². The number of hydrogen-bond donors (Lipinski definition) is 1. The molecular weight excluding hydrogens is 262 g/mol. The molecule has 0 aliphatic heterocycles. The van der Waals surface area contributed by atoms with E-state index >= 15 is 0 Å². The van der Waals surface area contributed by atoms with Gasteiger partial charge in [-0.3, -0.25) is 4.79 Å². The fraction of sp³-hybridized carbons (Fsp3) is 0.500. The molecule has 1 N–H and O–H groups in total. The van der Waals surface area contributed by atoms with Crippen LogP contribution in [0.1, 0.15) is 11.8 Å². The van der Waals surface area contributed by atoms with Gasteiger partial charge in [0.2, 0.25) is 0 Å². The van der Waals surface area contributed by atoms with Crippen LogP contribution in [0.25, 0.3) is 0 Å². The predicted molar refractivity (Wildman–Crippen MR) is 65.7 cm³/mol. The molecule has 1 heterocycles. The molecule has 5 nitrogen and oxygen atoms in total. The minimum absolute atomic E-state index is 0.0331. The van der Waals surface area contributed by atoms with E-state index in [4.69, 9.17) is 5.11 Å². The Kier molecular flexibility index (Phi) is 4.29. The number of carbonyl (C=O) groups is 1. The number of carboxylic acids is 1. The van der Waals surface area contributed by atoms with Gasteiger partial charge in [0.05, 0.1) is 5.92 Å². The van der Waals surface area contributed by atoms with Crippen LogP contribution < -0.4 is 0 Å². The average Bonchev–Trinajstić information content (AvgIpc) is 2.64. The van der Waals surface area contributed by atoms with Crippen molar-refractivity contribution < 1.29 is 18.3 Å². The van der Waals surface area contributed by atoms with Crippen molar-refractivity contribution in [3.63, 3.8) is 0 Å². The zero-order valence-electron chi connectivity index (χ0n) is 9.87. The third-order valence-electron chi connectivity index (χ3n) is 2.33. The zero-order chi connectivity index (χ0) is 13.2. The summed E-state index contributed by atoms with van der Waals surface area (Å²) < 4.78 is 25.4. The summed E-state index contributed by atoms with van der Waals surface area (Å²) in [5.74, 6) is -1.73. The lowest BCUT2D eigenvalue weighted by Crippen LogP contribution is -2.33. The molecule has 0 aliphatic rings. The molecular formula is C10H15NO4S2. The topological polar surface area (TPSA) is 74.7 Å². The highest BCUT2D eigenvalue weighted by atomic mass is 32.2. The standard InChI is InChI=1S/C10H15NO4S2/c1-7(10(12)13)6-11(3)17(14,15)9-5-4-8(2)16-9/h4-5,7H,6H2,1-3H3,(H,12,13). The quantitative estimate of drug-likeness (QED) is 0.882. The fourth-order valence-corrected chi connectivity index (χ4v) is 4.02. The highest BCUT2D eigenvalue weighted by Crippen LogP contribution is 2.23. The van der Waals surface area contributed by atoms with Crippen molar-refractivity contribution in [3.8, 4) is 0 Å². The third kappa shape index (κ3) is 3.27. The van der Waals surface area contributed by atoms with Gasteiger partial charge in [0.25, 0.3) is 10.0 Å². The van der Waals surface area contributed by atoms with Crippen molar-refractivity contribution >= 4 is 27.3 Å². The Morgan fingerprint density at radius 1 is 1.53 bits per heavy atom. The largest absolute Gasteiger partial charge is 0.481 e. The van der Waals surface area contributed by atoms with Gasteiger partial charge in [-0.1, -0.05) is 6.92 Å². The zero-order valence-corrected chi connectivity index (χ0v) is 11.5. The summed E-state index contributed by atoms with van der Waals surface area (Å²) in [5.41, 5.74) is 0. The average molecular weight is 277 g/mol. The molecule has 17 heavy (non-hydrogen) atoms. The second-order valence-corrected chi connectivity index (χ2v) is 7.45. The van der Waals surface area contributed by atoms with Gasteiger partial charge >= 0.3 is 5.97 Å². The van der Waals surface area contributed by atoms with E-state index in [1.54, 1.807) is 6.07 Å². The van der Waals surface area contributed by atoms with Crippen LogP contribution in [0.4, 0.5) is 0 Å². The molecule has 0 aliphatic carbocycles. The van der Waals surface area contributed by atoms with E-state index in [9.17, 15) is 13.2 Å². The number of nitrogens with zero attached hydrogens (tertiary/aromatic N) is 1. The molecule has 96 valence electrons. The molecule has 0 saturated heterocycles. The van der Waals surface area contributed by atoms with E-state index in [0.29, 0.717) is 0 Å². The lowest BCUT2D eigenvalue weighted by Gasteiger charge is -2.18. The molecule has 7 heteroatoms. The Balaban J connectivity index is 2.88. The number of carboxylic acid groups (broad SMARTS) is 1. The lowest BCUT2D eigenvalue weighted by atomic mass is 10.2. The lowest BCUT2D eigenvalue weighted by molar-refractivity contribution is -0.141. The Hall–Kier alpha value is -0.920. The third-order valence-corrected chi connectivity index (χ3v) is 5.62. The number of hydrogen-bond acceptors (Lipinski definition) is 4. The summed E-state index contributed by atoms with van der Waals surface area (Å²) >= 11 is 1.18. The van der Waals surface area contributed by atoms with Gasteiger partial charge in [0.15, 0.2) is 0 Å². The second-order valence-electron chi connectivity index (χ2n) is 3.89. The number of rotatable bonds is 5. The van der Waals surface area contributed by atoms with Crippen molar-refractivity contribution in [3.05, 3.63) is 17.0 Å². The summed E-state index contributed by atoms with van der Waals surface area (Å²) in [6, 6.07) is 3.27. The SMILES string of the molecule is Cc1ccc(S(=O)(=O)N(C)CC(C)C(=O)O)s1. The second kappa shape index (κ2) is 5.16. The predicted octanol–water partition coefficient (Wildman–Crippen LogP) is 1.40. The van der Waals surface area contributed by atoms with Gasteiger partial charge in [0.1, 0.15) is 4.21 Å². The number of sulfonamides is 1. The van der Waals surface area contributed by atoms with E-state index in [1.165, 1.54) is 31.4 Å². The fourth-order valence-electron chi connectivity index (χ4n) is 1.27. The van der Waals surface area contributed by atoms with E-state index in [-0.39, 0.29) is 10.8 Å². The van der Waals surface area contributed by atoms with Crippen molar-refractivity contribution in [2.24, 2.45) is 5.92 Å². The first kappa shape index (κ1) is 14.1. The first-order valence-corrected chi connectivity index (χ1v) is 7.26. The number of aliphatic carboxylic acids is 1. The van der Waals surface area contributed by atoms with Crippen LogP contribution >= 0.6 is 11.3 Å². The minimum atomic E-state index is -3.56. The Bertz CT molecular complexity index is 506. The minimum Gasteiger partial charge on any atom is -0.481 e. The van der Waals surface area contributed by atoms with Crippen LogP contribution in [-0.4, -0.2) is 37.4 Å². The van der Waals surface area contributed by atoms with Crippen LogP contribution in [0.3, 0.4) is 0 Å². The maximum Gasteiger partial charge on any atom is 0.307 e. The molecule has 1 aromatic rings. The first-order chi connectivity index (χ1) is 7.75. The normalized spacial score (nSPS) is 13.9. The maximum atomic E-state index is 12.0. The number of thiophene rings is 1. The van der Waals surface area contributed by atoms with Crippen LogP contribution in [0.2, 0.25) is 0 Å². The molecule has 0 radical (unpaired) electrons. The molecule has 1 atom stereocenters. The van der Waals surface area contributed by atoms with E-state index in [0.717, 1.165) is 9.18 Å². The molecule has 0 bridgehead atoms. The molecule has 1 aromatic heterocycles. The summed E-state index contributed by atoms with van der Waals surface area (Å²) in [6.45, 7) is 3.27. The smallest absolute Gasteiger partial charge is 0.307 e. The molecule has 1 rings (SSSR count). The monoisotopic (exact) mass is 277 g/mol. The van der Waals surface area contributed by atoms with Crippen LogP contribution in [-0.2, 0) is 14.8 Å². The van der Waals surface area contributed by atoms with E-state index in [1.807, 2.05) is 6.92 Å². The van der Waals surface area contributed by atoms with Crippen LogP contribution in [0.5, 0.6) is 0 Å². The van der Waals surface area contributed by atoms with Crippen molar-refractivity contribution in [1.29, 1.82) is 0 Å². The number of aryl methyl sites for hydroxylation is 1. The van der Waals surface area contributed by atoms with Crippen LogP contribution in [0.15, 0.2) is 16.3 Å². The molecule has 0 spiro atoms. The van der Waals surface area contributed by atoms with Gasteiger partial charge in [-0.05, 0) is 19.1 Å². The molecule has 0 amide bonds. The van der Waals surface area contributed by atoms with Crippen molar-refractivity contribution in [1.82, 2.24) is 4.31 Å². The molecule has 0 aromatic carbocycles. The Morgan fingerprint density at radius 3 is 2.53 bits per heavy atom. The van der Waals surface area contributed by atoms with Gasteiger partial charge in [-0.15, -0.1) is 11.3 Å². The van der Waals surface area contributed by atoms with E-state index < -0.39 is 21.9 Å². The summed E-state index contributed by atoms with van der Waals surface area (Å²) in [4.78, 5) is 11.6. The van der Waals surface area contributed by atoms with E-state index in [2.05, 4.69) is 0 Å². The molecule has 0 fully saturated rings. The Labute approximate surface area is 105 Å². The molecule has 0 saturated carbocycles. The van der Waals surface area contributed by atoms with Gasteiger partial charge in [-0.25, -0.2) is 8.42 Å². The van der Waals surface area contributed by atoms with Crippen molar-refractivity contribution in [2.45, 2.75) is 18.1 Å². The highest BCUT2D eigenvalue weighted by Gasteiger charge is 2.25. The van der Waals surface area contributed by atoms with Crippen molar-refractivity contribution in [2.75, 3.05) is 13.6 Å². The van der Waals surface area contributed by atoms with Crippen LogP contribution in [0, 0.1) is 12.8 Å². The molecule has 1 unspecified atom stereocenters. The Morgan fingerprint density at radius 2 is 2.12 bits per heavy atom. The van der Waals surface area contributed by atoms with Gasteiger partial charge in [0, 0.05) is 18.5 Å². The summed E-state index contributed by atoms with van der Waals surface area (Å²) in [6.07, 6.45) is 0.